The third-order valence-corrected chi connectivity index (χ3v) is 6.34. The minimum Gasteiger partial charge on any atom is -0.339 e. The van der Waals surface area contributed by atoms with E-state index in [1.165, 1.54) is 4.68 Å². The maximum Gasteiger partial charge on any atom is 0.279 e. The van der Waals surface area contributed by atoms with Gasteiger partial charge in [-0.05, 0) is 31.0 Å². The van der Waals surface area contributed by atoms with Gasteiger partial charge < -0.3 is 9.80 Å². The smallest absolute Gasteiger partial charge is 0.279 e. The van der Waals surface area contributed by atoms with Gasteiger partial charge >= 0.3 is 0 Å². The summed E-state index contributed by atoms with van der Waals surface area (Å²) in [7, 11) is 0. The van der Waals surface area contributed by atoms with Crippen LogP contribution < -0.4 is 5.56 Å². The molecule has 1 saturated heterocycles. The fourth-order valence-electron chi connectivity index (χ4n) is 4.28. The highest BCUT2D eigenvalue weighted by Gasteiger charge is 2.33. The fourth-order valence-corrected chi connectivity index (χ4v) is 4.28. The van der Waals surface area contributed by atoms with E-state index in [-0.39, 0.29) is 29.0 Å². The first-order chi connectivity index (χ1) is 15.1. The molecule has 31 heavy (non-hydrogen) atoms. The number of fused-ring (bicyclic) bond motifs is 1. The summed E-state index contributed by atoms with van der Waals surface area (Å²) in [4.78, 5) is 42.6. The first-order valence-corrected chi connectivity index (χ1v) is 10.8. The summed E-state index contributed by atoms with van der Waals surface area (Å²) < 4.78 is 1.30. The van der Waals surface area contributed by atoms with Gasteiger partial charge in [0.1, 0.15) is 0 Å². The van der Waals surface area contributed by atoms with Gasteiger partial charge in [0.25, 0.3) is 11.5 Å². The lowest BCUT2D eigenvalue weighted by Crippen LogP contribution is -2.52. The molecule has 0 unspecified atom stereocenters. The van der Waals surface area contributed by atoms with Crippen molar-refractivity contribution in [3.05, 3.63) is 70.6 Å². The zero-order valence-electron chi connectivity index (χ0n) is 17.2. The number of nitrogens with zero attached hydrogens (tertiary/aromatic N) is 4. The van der Waals surface area contributed by atoms with E-state index >= 15 is 0 Å². The molecule has 7 nitrogen and oxygen atoms in total. The third-order valence-electron chi connectivity index (χ3n) is 6.34. The Bertz CT molecular complexity index is 1190. The first-order valence-electron chi connectivity index (χ1n) is 10.8. The molecular weight excluding hydrogens is 392 g/mol. The minimum absolute atomic E-state index is 0.169. The summed E-state index contributed by atoms with van der Waals surface area (Å²) in [6, 6.07) is 16.2. The number of rotatable bonds is 3. The monoisotopic (exact) mass is 416 g/mol. The number of para-hydroxylation sites is 1. The van der Waals surface area contributed by atoms with E-state index in [1.807, 2.05) is 29.2 Å². The van der Waals surface area contributed by atoms with Crippen LogP contribution in [0.1, 0.15) is 29.8 Å². The van der Waals surface area contributed by atoms with Gasteiger partial charge in [-0.3, -0.25) is 14.4 Å². The second-order valence-corrected chi connectivity index (χ2v) is 8.19. The maximum atomic E-state index is 13.4. The van der Waals surface area contributed by atoms with Gasteiger partial charge in [-0.15, -0.1) is 0 Å². The van der Waals surface area contributed by atoms with E-state index in [0.29, 0.717) is 42.6 Å². The van der Waals surface area contributed by atoms with Crippen LogP contribution >= 0.6 is 0 Å². The molecule has 7 heteroatoms. The molecule has 2 aliphatic rings. The number of amides is 2. The van der Waals surface area contributed by atoms with E-state index in [1.54, 1.807) is 35.2 Å². The third kappa shape index (κ3) is 3.50. The number of hydrogen-bond acceptors (Lipinski definition) is 4. The molecule has 2 heterocycles. The first kappa shape index (κ1) is 19.5. The molecule has 1 aromatic heterocycles. The number of piperazine rings is 1. The van der Waals surface area contributed by atoms with Gasteiger partial charge in [-0.1, -0.05) is 42.8 Å². The predicted octanol–water partition coefficient (Wildman–Crippen LogP) is 2.47. The molecule has 0 atom stereocenters. The highest BCUT2D eigenvalue weighted by molar-refractivity contribution is 6.05. The van der Waals surface area contributed by atoms with E-state index in [4.69, 9.17) is 0 Å². The Kier molecular flexibility index (Phi) is 5.02. The van der Waals surface area contributed by atoms with Crippen LogP contribution in [-0.2, 0) is 4.79 Å². The molecule has 5 rings (SSSR count). The lowest BCUT2D eigenvalue weighted by Gasteiger charge is -2.38. The lowest BCUT2D eigenvalue weighted by atomic mass is 9.84. The van der Waals surface area contributed by atoms with E-state index in [9.17, 15) is 14.4 Å². The fraction of sp³-hybridized carbons (Fsp3) is 0.333. The van der Waals surface area contributed by atoms with Gasteiger partial charge in [0.05, 0.1) is 11.1 Å². The Balaban J connectivity index is 1.46. The van der Waals surface area contributed by atoms with Crippen LogP contribution in [0.25, 0.3) is 16.5 Å². The van der Waals surface area contributed by atoms with Crippen molar-refractivity contribution in [2.24, 2.45) is 5.92 Å². The van der Waals surface area contributed by atoms with Gasteiger partial charge in [0.15, 0.2) is 5.69 Å². The molecule has 1 aliphatic heterocycles. The average molecular weight is 416 g/mol. The zero-order valence-corrected chi connectivity index (χ0v) is 17.2. The minimum atomic E-state index is -0.255. The largest absolute Gasteiger partial charge is 0.339 e. The Morgan fingerprint density at radius 1 is 0.806 bits per heavy atom. The van der Waals surface area contributed by atoms with Crippen molar-refractivity contribution in [2.45, 2.75) is 19.3 Å². The lowest BCUT2D eigenvalue weighted by molar-refractivity contribution is -0.139. The van der Waals surface area contributed by atoms with Gasteiger partial charge in [-0.2, -0.15) is 9.78 Å². The average Bonchev–Trinajstić information content (AvgIpc) is 2.78. The predicted molar refractivity (Wildman–Crippen MR) is 117 cm³/mol. The molecule has 0 N–H and O–H groups in total. The Hall–Kier alpha value is -3.48. The van der Waals surface area contributed by atoms with Crippen molar-refractivity contribution in [1.82, 2.24) is 19.6 Å². The summed E-state index contributed by atoms with van der Waals surface area (Å²) in [5.74, 6) is 0.179. The van der Waals surface area contributed by atoms with Crippen molar-refractivity contribution in [1.29, 1.82) is 0 Å². The number of carbonyl (C=O) groups is 2. The Labute approximate surface area is 179 Å². The summed E-state index contributed by atoms with van der Waals surface area (Å²) in [5.41, 5.74) is 0.621. The Morgan fingerprint density at radius 2 is 1.42 bits per heavy atom. The Morgan fingerprint density at radius 3 is 2.06 bits per heavy atom. The highest BCUT2D eigenvalue weighted by atomic mass is 16.2. The molecule has 0 bridgehead atoms. The molecule has 1 aliphatic carbocycles. The maximum absolute atomic E-state index is 13.4. The van der Waals surface area contributed by atoms with Crippen molar-refractivity contribution < 1.29 is 9.59 Å². The number of carbonyl (C=O) groups excluding carboxylic acids is 2. The number of hydrogen-bond donors (Lipinski definition) is 0. The quantitative estimate of drug-likeness (QED) is 0.657. The molecule has 0 spiro atoms. The van der Waals surface area contributed by atoms with Crippen LogP contribution in [0.2, 0.25) is 0 Å². The van der Waals surface area contributed by atoms with Gasteiger partial charge in [0.2, 0.25) is 5.91 Å². The van der Waals surface area contributed by atoms with E-state index in [0.717, 1.165) is 19.3 Å². The molecule has 2 fully saturated rings. The highest BCUT2D eigenvalue weighted by Crippen LogP contribution is 2.28. The topological polar surface area (TPSA) is 75.5 Å². The SMILES string of the molecule is O=C(c1nn(-c2ccccc2)c(=O)c2ccccc12)N1CCN(C(=O)C2CCC2)CC1. The van der Waals surface area contributed by atoms with Crippen LogP contribution in [0.15, 0.2) is 59.4 Å². The van der Waals surface area contributed by atoms with Crippen LogP contribution in [0, 0.1) is 5.92 Å². The zero-order chi connectivity index (χ0) is 21.4. The van der Waals surface area contributed by atoms with Crippen LogP contribution in [-0.4, -0.2) is 57.6 Å². The normalized spacial score (nSPS) is 16.9. The molecule has 1 saturated carbocycles. The van der Waals surface area contributed by atoms with Gasteiger partial charge in [-0.25, -0.2) is 0 Å². The van der Waals surface area contributed by atoms with Crippen LogP contribution in [0.3, 0.4) is 0 Å². The summed E-state index contributed by atoms with van der Waals surface area (Å²) >= 11 is 0. The summed E-state index contributed by atoms with van der Waals surface area (Å²) in [6.45, 7) is 2.02. The molecule has 3 aromatic rings. The number of aromatic nitrogens is 2. The van der Waals surface area contributed by atoms with E-state index < -0.39 is 0 Å². The van der Waals surface area contributed by atoms with Gasteiger partial charge in [0, 0.05) is 37.5 Å². The van der Waals surface area contributed by atoms with Crippen LogP contribution in [0.4, 0.5) is 0 Å². The van der Waals surface area contributed by atoms with Crippen molar-refractivity contribution >= 4 is 22.6 Å². The molecule has 0 radical (unpaired) electrons. The van der Waals surface area contributed by atoms with E-state index in [2.05, 4.69) is 5.10 Å². The molecule has 2 aromatic carbocycles. The molecule has 2 amide bonds. The summed E-state index contributed by atoms with van der Waals surface area (Å²) in [5, 5.41) is 5.50. The summed E-state index contributed by atoms with van der Waals surface area (Å²) in [6.07, 6.45) is 3.09. The molecule has 158 valence electrons. The van der Waals surface area contributed by atoms with Crippen LogP contribution in [0.5, 0.6) is 0 Å². The van der Waals surface area contributed by atoms with Crippen molar-refractivity contribution in [2.75, 3.05) is 26.2 Å². The molecular formula is C24H24N4O3. The van der Waals surface area contributed by atoms with Crippen molar-refractivity contribution in [3.8, 4) is 5.69 Å². The second kappa shape index (κ2) is 7.98. The van der Waals surface area contributed by atoms with Crippen molar-refractivity contribution in [3.63, 3.8) is 0 Å². The standard InChI is InChI=1S/C24H24N4O3/c29-22(17-7-6-8-17)26-13-15-27(16-14-26)24(31)21-19-11-4-5-12-20(19)23(30)28(25-21)18-9-2-1-3-10-18/h1-5,9-12,17H,6-8,13-16H2. The second-order valence-electron chi connectivity index (χ2n) is 8.19. The number of benzene rings is 2.